The van der Waals surface area contributed by atoms with Gasteiger partial charge >= 0.3 is 0 Å². The van der Waals surface area contributed by atoms with Crippen molar-refractivity contribution in [3.05, 3.63) is 44.8 Å². The Labute approximate surface area is 112 Å². The average molecular weight is 308 g/mol. The zero-order chi connectivity index (χ0) is 12.1. The molecular weight excluding hydrogens is 298 g/mol. The monoisotopic (exact) mass is 307 g/mol. The number of nitrogens with one attached hydrogen (secondary N) is 1. The fraction of sp³-hybridized carbons (Fsp3) is 0.167. The summed E-state index contributed by atoms with van der Waals surface area (Å²) in [5.74, 6) is 0. The number of halogens is 1. The second-order valence-electron chi connectivity index (χ2n) is 3.41. The maximum absolute atomic E-state index is 8.80. The molecule has 0 saturated carbocycles. The first-order chi connectivity index (χ1) is 8.29. The van der Waals surface area contributed by atoms with E-state index in [9.17, 15) is 0 Å². The lowest BCUT2D eigenvalue weighted by molar-refractivity contribution is 0.998. The molecule has 1 N–H and O–H groups in total. The Balaban J connectivity index is 1.91. The van der Waals surface area contributed by atoms with E-state index in [1.807, 2.05) is 23.7 Å². The molecule has 17 heavy (non-hydrogen) atoms. The van der Waals surface area contributed by atoms with E-state index in [-0.39, 0.29) is 0 Å². The molecule has 1 heterocycles. The van der Waals surface area contributed by atoms with Crippen molar-refractivity contribution in [3.8, 4) is 6.07 Å². The van der Waals surface area contributed by atoms with Crippen LogP contribution in [0, 0.1) is 11.3 Å². The first kappa shape index (κ1) is 12.1. The van der Waals surface area contributed by atoms with Gasteiger partial charge in [0.2, 0.25) is 0 Å². The van der Waals surface area contributed by atoms with E-state index < -0.39 is 0 Å². The number of rotatable bonds is 4. The van der Waals surface area contributed by atoms with Crippen molar-refractivity contribution in [3.63, 3.8) is 0 Å². The standard InChI is InChI=1S/C12H10BrN3S/c13-11-7-10(2-1-9(11)8-14)15-4-3-12-16-5-6-17-12/h1-2,5-7,15H,3-4H2. The van der Waals surface area contributed by atoms with E-state index in [0.29, 0.717) is 5.56 Å². The predicted molar refractivity (Wildman–Crippen MR) is 73.2 cm³/mol. The van der Waals surface area contributed by atoms with Gasteiger partial charge in [0.1, 0.15) is 6.07 Å². The normalized spacial score (nSPS) is 9.88. The summed E-state index contributed by atoms with van der Waals surface area (Å²) in [4.78, 5) is 4.22. The SMILES string of the molecule is N#Cc1ccc(NCCc2nccs2)cc1Br. The molecule has 0 spiro atoms. The number of nitrogens with zero attached hydrogens (tertiary/aromatic N) is 2. The van der Waals surface area contributed by atoms with E-state index >= 15 is 0 Å². The zero-order valence-corrected chi connectivity index (χ0v) is 11.4. The molecule has 0 aliphatic heterocycles. The average Bonchev–Trinajstić information content (AvgIpc) is 2.82. The Morgan fingerprint density at radius 1 is 1.47 bits per heavy atom. The minimum atomic E-state index is 0.649. The van der Waals surface area contributed by atoms with E-state index in [4.69, 9.17) is 5.26 Å². The third-order valence-electron chi connectivity index (χ3n) is 2.24. The molecule has 0 radical (unpaired) electrons. The summed E-state index contributed by atoms with van der Waals surface area (Å²) in [6.45, 7) is 0.839. The first-order valence-electron chi connectivity index (χ1n) is 5.11. The number of hydrogen-bond acceptors (Lipinski definition) is 4. The molecule has 2 aromatic rings. The minimum absolute atomic E-state index is 0.649. The molecule has 0 unspecified atom stereocenters. The van der Waals surface area contributed by atoms with Gasteiger partial charge in [0.15, 0.2) is 0 Å². The summed E-state index contributed by atoms with van der Waals surface area (Å²) < 4.78 is 0.819. The van der Waals surface area contributed by atoms with Crippen molar-refractivity contribution in [2.45, 2.75) is 6.42 Å². The fourth-order valence-electron chi connectivity index (χ4n) is 1.41. The van der Waals surface area contributed by atoms with Crippen LogP contribution in [0.2, 0.25) is 0 Å². The third-order valence-corrected chi connectivity index (χ3v) is 3.74. The van der Waals surface area contributed by atoms with Gasteiger partial charge in [0, 0.05) is 34.7 Å². The Morgan fingerprint density at radius 3 is 3.00 bits per heavy atom. The quantitative estimate of drug-likeness (QED) is 0.941. The minimum Gasteiger partial charge on any atom is -0.385 e. The van der Waals surface area contributed by atoms with Gasteiger partial charge in [-0.3, -0.25) is 0 Å². The fourth-order valence-corrected chi connectivity index (χ4v) is 2.49. The number of thiazole rings is 1. The zero-order valence-electron chi connectivity index (χ0n) is 8.98. The number of nitriles is 1. The van der Waals surface area contributed by atoms with Crippen molar-refractivity contribution in [2.75, 3.05) is 11.9 Å². The summed E-state index contributed by atoms with van der Waals surface area (Å²) in [7, 11) is 0. The molecule has 0 bridgehead atoms. The lowest BCUT2D eigenvalue weighted by Gasteiger charge is -2.06. The molecule has 0 aliphatic rings. The van der Waals surface area contributed by atoms with Gasteiger partial charge in [-0.05, 0) is 34.1 Å². The molecule has 0 fully saturated rings. The van der Waals surface area contributed by atoms with E-state index in [2.05, 4.69) is 32.3 Å². The first-order valence-corrected chi connectivity index (χ1v) is 6.79. The Bertz CT molecular complexity index is 531. The highest BCUT2D eigenvalue weighted by atomic mass is 79.9. The third kappa shape index (κ3) is 3.29. The molecule has 0 amide bonds. The molecule has 2 rings (SSSR count). The van der Waals surface area contributed by atoms with Crippen LogP contribution in [0.25, 0.3) is 0 Å². The molecule has 0 aliphatic carbocycles. The second-order valence-corrected chi connectivity index (χ2v) is 5.24. The Morgan fingerprint density at radius 2 is 2.35 bits per heavy atom. The second kappa shape index (κ2) is 5.80. The molecule has 0 saturated heterocycles. The highest BCUT2D eigenvalue weighted by molar-refractivity contribution is 9.10. The maximum Gasteiger partial charge on any atom is 0.100 e. The van der Waals surface area contributed by atoms with Gasteiger partial charge in [-0.2, -0.15) is 5.26 Å². The Kier molecular flexibility index (Phi) is 4.13. The van der Waals surface area contributed by atoms with E-state index in [1.54, 1.807) is 17.4 Å². The van der Waals surface area contributed by atoms with Crippen LogP contribution in [0.1, 0.15) is 10.6 Å². The van der Waals surface area contributed by atoms with Crippen molar-refractivity contribution < 1.29 is 0 Å². The van der Waals surface area contributed by atoms with Gasteiger partial charge in [-0.1, -0.05) is 0 Å². The summed E-state index contributed by atoms with van der Waals surface area (Å²) >= 11 is 5.03. The molecular formula is C12H10BrN3S. The number of anilines is 1. The molecule has 3 nitrogen and oxygen atoms in total. The number of aromatic nitrogens is 1. The van der Waals surface area contributed by atoms with Crippen molar-refractivity contribution in [1.82, 2.24) is 4.98 Å². The highest BCUT2D eigenvalue weighted by Gasteiger charge is 2.00. The lowest BCUT2D eigenvalue weighted by atomic mass is 10.2. The molecule has 1 aromatic heterocycles. The summed E-state index contributed by atoms with van der Waals surface area (Å²) in [6, 6.07) is 7.74. The van der Waals surface area contributed by atoms with Crippen LogP contribution in [0.3, 0.4) is 0 Å². The molecule has 0 atom stereocenters. The van der Waals surface area contributed by atoms with Gasteiger partial charge < -0.3 is 5.32 Å². The van der Waals surface area contributed by atoms with Crippen molar-refractivity contribution in [2.24, 2.45) is 0 Å². The van der Waals surface area contributed by atoms with Crippen molar-refractivity contribution in [1.29, 1.82) is 5.26 Å². The van der Waals surface area contributed by atoms with Crippen LogP contribution in [0.15, 0.2) is 34.2 Å². The molecule has 86 valence electrons. The predicted octanol–water partition coefficient (Wildman–Crippen LogP) is 3.43. The van der Waals surface area contributed by atoms with Crippen LogP contribution in [-0.4, -0.2) is 11.5 Å². The van der Waals surface area contributed by atoms with Crippen LogP contribution >= 0.6 is 27.3 Å². The van der Waals surface area contributed by atoms with Crippen LogP contribution < -0.4 is 5.32 Å². The summed E-state index contributed by atoms with van der Waals surface area (Å²) in [5, 5.41) is 15.2. The smallest absolute Gasteiger partial charge is 0.100 e. The summed E-state index contributed by atoms with van der Waals surface area (Å²) in [5.41, 5.74) is 1.66. The highest BCUT2D eigenvalue weighted by Crippen LogP contribution is 2.20. The largest absolute Gasteiger partial charge is 0.385 e. The van der Waals surface area contributed by atoms with Crippen LogP contribution in [0.4, 0.5) is 5.69 Å². The van der Waals surface area contributed by atoms with Gasteiger partial charge in [-0.25, -0.2) is 4.98 Å². The van der Waals surface area contributed by atoms with E-state index in [1.165, 1.54) is 0 Å². The van der Waals surface area contributed by atoms with E-state index in [0.717, 1.165) is 28.1 Å². The van der Waals surface area contributed by atoms with Gasteiger partial charge in [0.25, 0.3) is 0 Å². The van der Waals surface area contributed by atoms with Gasteiger partial charge in [0.05, 0.1) is 10.6 Å². The molecule has 5 heteroatoms. The van der Waals surface area contributed by atoms with Crippen LogP contribution in [0.5, 0.6) is 0 Å². The Hall–Kier alpha value is -1.38. The molecule has 1 aromatic carbocycles. The number of benzene rings is 1. The topological polar surface area (TPSA) is 48.7 Å². The maximum atomic E-state index is 8.80. The lowest BCUT2D eigenvalue weighted by Crippen LogP contribution is -2.04. The number of hydrogen-bond donors (Lipinski definition) is 1. The van der Waals surface area contributed by atoms with Crippen molar-refractivity contribution >= 4 is 33.0 Å². The van der Waals surface area contributed by atoms with Crippen LogP contribution in [-0.2, 0) is 6.42 Å². The van der Waals surface area contributed by atoms with Gasteiger partial charge in [-0.15, -0.1) is 11.3 Å². The summed E-state index contributed by atoms with van der Waals surface area (Å²) in [6.07, 6.45) is 2.73.